The third-order valence-corrected chi connectivity index (χ3v) is 5.62. The highest BCUT2D eigenvalue weighted by atomic mass is 28.4. The molecule has 0 aliphatic heterocycles. The molecule has 98 valence electrons. The van der Waals surface area contributed by atoms with E-state index in [1.54, 1.807) is 0 Å². The Kier molecular flexibility index (Phi) is 10.5. The summed E-state index contributed by atoms with van der Waals surface area (Å²) in [5, 5.41) is 0. The largest absolute Gasteiger partial charge is 0.417 e. The van der Waals surface area contributed by atoms with E-state index in [-0.39, 0.29) is 0 Å². The van der Waals surface area contributed by atoms with Gasteiger partial charge in [0.15, 0.2) is 8.32 Å². The van der Waals surface area contributed by atoms with E-state index in [0.717, 1.165) is 13.0 Å². The highest BCUT2D eigenvalue weighted by Gasteiger charge is 2.20. The van der Waals surface area contributed by atoms with Gasteiger partial charge in [-0.25, -0.2) is 0 Å². The molecule has 0 aromatic rings. The lowest BCUT2D eigenvalue weighted by atomic mass is 10.1. The van der Waals surface area contributed by atoms with Crippen LogP contribution >= 0.6 is 0 Å². The van der Waals surface area contributed by atoms with Gasteiger partial charge in [0.25, 0.3) is 0 Å². The molecule has 0 saturated heterocycles. The van der Waals surface area contributed by atoms with Gasteiger partial charge in [0.05, 0.1) is 0 Å². The zero-order valence-corrected chi connectivity index (χ0v) is 13.0. The fourth-order valence-corrected chi connectivity index (χ4v) is 3.96. The van der Waals surface area contributed by atoms with Crippen LogP contribution in [0.15, 0.2) is 0 Å². The van der Waals surface area contributed by atoms with Gasteiger partial charge in [0, 0.05) is 6.61 Å². The first kappa shape index (κ1) is 16.2. The van der Waals surface area contributed by atoms with Crippen molar-refractivity contribution in [3.8, 4) is 0 Å². The minimum Gasteiger partial charge on any atom is -0.417 e. The molecule has 0 spiro atoms. The van der Waals surface area contributed by atoms with Crippen molar-refractivity contribution in [1.82, 2.24) is 0 Å². The van der Waals surface area contributed by atoms with Crippen LogP contribution < -0.4 is 0 Å². The van der Waals surface area contributed by atoms with Gasteiger partial charge in [-0.05, 0) is 25.6 Å². The van der Waals surface area contributed by atoms with Crippen molar-refractivity contribution in [3.63, 3.8) is 0 Å². The van der Waals surface area contributed by atoms with E-state index in [4.69, 9.17) is 4.43 Å². The van der Waals surface area contributed by atoms with Crippen LogP contribution in [0, 0.1) is 0 Å². The Morgan fingerprint density at radius 1 is 0.750 bits per heavy atom. The molecule has 2 heteroatoms. The topological polar surface area (TPSA) is 9.23 Å². The van der Waals surface area contributed by atoms with Crippen molar-refractivity contribution >= 4 is 8.32 Å². The molecule has 0 fully saturated rings. The second-order valence-corrected chi connectivity index (χ2v) is 9.79. The molecule has 0 aromatic carbocycles. The first-order valence-electron chi connectivity index (χ1n) is 7.26. The van der Waals surface area contributed by atoms with E-state index in [2.05, 4.69) is 26.9 Å². The zero-order chi connectivity index (χ0) is 12.3. The summed E-state index contributed by atoms with van der Waals surface area (Å²) in [6.07, 6.45) is 11.0. The molecule has 0 amide bonds. The summed E-state index contributed by atoms with van der Waals surface area (Å²) in [6.45, 7) is 10.2. The normalized spacial score (nSPS) is 12.0. The number of hydrogen-bond donors (Lipinski definition) is 0. The molecule has 16 heavy (non-hydrogen) atoms. The molecule has 0 unspecified atom stereocenters. The van der Waals surface area contributed by atoms with Crippen LogP contribution in [0.4, 0.5) is 0 Å². The Morgan fingerprint density at radius 2 is 1.31 bits per heavy atom. The smallest absolute Gasteiger partial charge is 0.186 e. The number of hydrogen-bond acceptors (Lipinski definition) is 1. The van der Waals surface area contributed by atoms with Gasteiger partial charge in [-0.3, -0.25) is 0 Å². The predicted molar refractivity (Wildman–Crippen MR) is 76.5 cm³/mol. The molecule has 0 aliphatic carbocycles. The second kappa shape index (κ2) is 10.3. The molecule has 0 N–H and O–H groups in total. The predicted octanol–water partition coefficient (Wildman–Crippen LogP) is 5.37. The van der Waals surface area contributed by atoms with Gasteiger partial charge < -0.3 is 4.43 Å². The molecule has 0 saturated carbocycles. The molecule has 0 atom stereocenters. The Hall–Kier alpha value is 0.177. The first-order chi connectivity index (χ1) is 7.62. The van der Waals surface area contributed by atoms with Crippen molar-refractivity contribution in [2.45, 2.75) is 84.4 Å². The minimum absolute atomic E-state index is 0.968. The van der Waals surface area contributed by atoms with Gasteiger partial charge in [0.2, 0.25) is 0 Å². The van der Waals surface area contributed by atoms with Crippen LogP contribution in [0.25, 0.3) is 0 Å². The van der Waals surface area contributed by atoms with Gasteiger partial charge in [-0.15, -0.1) is 0 Å². The highest BCUT2D eigenvalue weighted by molar-refractivity contribution is 6.71. The Morgan fingerprint density at radius 3 is 1.88 bits per heavy atom. The van der Waals surface area contributed by atoms with E-state index in [1.165, 1.54) is 51.0 Å². The molecule has 0 heterocycles. The van der Waals surface area contributed by atoms with E-state index in [0.29, 0.717) is 0 Å². The van der Waals surface area contributed by atoms with Crippen molar-refractivity contribution in [3.05, 3.63) is 0 Å². The van der Waals surface area contributed by atoms with Crippen LogP contribution in [0.1, 0.15) is 65.2 Å². The SMILES string of the molecule is CCCCCCCCC[Si](C)(C)OCCC. The van der Waals surface area contributed by atoms with Crippen molar-refractivity contribution in [2.24, 2.45) is 0 Å². The first-order valence-corrected chi connectivity index (χ1v) is 10.4. The monoisotopic (exact) mass is 244 g/mol. The lowest BCUT2D eigenvalue weighted by molar-refractivity contribution is 0.305. The molecule has 0 rings (SSSR count). The summed E-state index contributed by atoms with van der Waals surface area (Å²) in [6, 6.07) is 1.35. The quantitative estimate of drug-likeness (QED) is 0.351. The maximum absolute atomic E-state index is 5.96. The molecule has 0 aliphatic rings. The Balaban J connectivity index is 3.29. The van der Waals surface area contributed by atoms with Crippen molar-refractivity contribution in [2.75, 3.05) is 6.61 Å². The molecular weight excluding hydrogens is 212 g/mol. The zero-order valence-electron chi connectivity index (χ0n) is 12.0. The molecule has 0 radical (unpaired) electrons. The summed E-state index contributed by atoms with van der Waals surface area (Å²) in [5.74, 6) is 0. The summed E-state index contributed by atoms with van der Waals surface area (Å²) in [5.41, 5.74) is 0. The lowest BCUT2D eigenvalue weighted by Gasteiger charge is -2.22. The van der Waals surface area contributed by atoms with Crippen molar-refractivity contribution in [1.29, 1.82) is 0 Å². The molecular formula is C14H32OSi. The van der Waals surface area contributed by atoms with E-state index in [1.807, 2.05) is 0 Å². The number of rotatable bonds is 11. The summed E-state index contributed by atoms with van der Waals surface area (Å²) in [7, 11) is -1.30. The summed E-state index contributed by atoms with van der Waals surface area (Å²) >= 11 is 0. The highest BCUT2D eigenvalue weighted by Crippen LogP contribution is 2.17. The summed E-state index contributed by atoms with van der Waals surface area (Å²) in [4.78, 5) is 0. The van der Waals surface area contributed by atoms with Crippen LogP contribution in [-0.4, -0.2) is 14.9 Å². The van der Waals surface area contributed by atoms with Gasteiger partial charge in [-0.2, -0.15) is 0 Å². The Bertz CT molecular complexity index is 146. The maximum atomic E-state index is 5.96. The fourth-order valence-electron chi connectivity index (χ4n) is 1.96. The van der Waals surface area contributed by atoms with E-state index >= 15 is 0 Å². The maximum Gasteiger partial charge on any atom is 0.186 e. The van der Waals surface area contributed by atoms with Gasteiger partial charge >= 0.3 is 0 Å². The van der Waals surface area contributed by atoms with E-state index < -0.39 is 8.32 Å². The average Bonchev–Trinajstić information content (AvgIpc) is 2.25. The average molecular weight is 244 g/mol. The Labute approximate surface area is 104 Å². The van der Waals surface area contributed by atoms with Crippen LogP contribution in [-0.2, 0) is 4.43 Å². The number of unbranched alkanes of at least 4 members (excludes halogenated alkanes) is 6. The van der Waals surface area contributed by atoms with Gasteiger partial charge in [-0.1, -0.05) is 58.8 Å². The van der Waals surface area contributed by atoms with Crippen molar-refractivity contribution < 1.29 is 4.43 Å². The van der Waals surface area contributed by atoms with Crippen LogP contribution in [0.5, 0.6) is 0 Å². The summed E-state index contributed by atoms with van der Waals surface area (Å²) < 4.78 is 5.96. The van der Waals surface area contributed by atoms with Gasteiger partial charge in [0.1, 0.15) is 0 Å². The standard InChI is InChI=1S/C14H32OSi/c1-5-7-8-9-10-11-12-14-16(3,4)15-13-6-2/h5-14H2,1-4H3. The third-order valence-electron chi connectivity index (χ3n) is 3.08. The fraction of sp³-hybridized carbons (Fsp3) is 1.00. The van der Waals surface area contributed by atoms with Crippen LogP contribution in [0.2, 0.25) is 19.1 Å². The third kappa shape index (κ3) is 10.7. The minimum atomic E-state index is -1.30. The molecule has 0 aromatic heterocycles. The van der Waals surface area contributed by atoms with Crippen LogP contribution in [0.3, 0.4) is 0 Å². The molecule has 0 bridgehead atoms. The lowest BCUT2D eigenvalue weighted by Crippen LogP contribution is -2.30. The van der Waals surface area contributed by atoms with E-state index in [9.17, 15) is 0 Å². The second-order valence-electron chi connectivity index (χ2n) is 5.48. The molecule has 1 nitrogen and oxygen atoms in total.